The van der Waals surface area contributed by atoms with Gasteiger partial charge in [-0.3, -0.25) is 4.79 Å². The van der Waals surface area contributed by atoms with E-state index < -0.39 is 24.0 Å². The molecule has 0 radical (unpaired) electrons. The number of carbonyl (C=O) groups is 2. The molecule has 0 aromatic carbocycles. The number of carboxylic acids is 1. The van der Waals surface area contributed by atoms with Crippen LogP contribution in [0.4, 0.5) is 0 Å². The first-order valence-electron chi connectivity index (χ1n) is 5.18. The van der Waals surface area contributed by atoms with Crippen LogP contribution in [0, 0.1) is 0 Å². The summed E-state index contributed by atoms with van der Waals surface area (Å²) in [6, 6.07) is 1.80. The van der Waals surface area contributed by atoms with Gasteiger partial charge in [-0.25, -0.2) is 9.78 Å². The van der Waals surface area contributed by atoms with Crippen molar-refractivity contribution in [2.75, 3.05) is 6.26 Å². The molecule has 1 aromatic heterocycles. The summed E-state index contributed by atoms with van der Waals surface area (Å²) in [6.45, 7) is 1.30. The predicted octanol–water partition coefficient (Wildman–Crippen LogP) is 0.367. The summed E-state index contributed by atoms with van der Waals surface area (Å²) >= 11 is 1.29. The highest BCUT2D eigenvalue weighted by Gasteiger charge is 2.26. The van der Waals surface area contributed by atoms with Crippen molar-refractivity contribution in [3.05, 3.63) is 23.9 Å². The Kier molecular flexibility index (Phi) is 5.11. The topological polar surface area (TPSA) is 99.5 Å². The van der Waals surface area contributed by atoms with Gasteiger partial charge in [-0.1, -0.05) is 0 Å². The normalized spacial score (nSPS) is 13.7. The Labute approximate surface area is 108 Å². The van der Waals surface area contributed by atoms with Crippen molar-refractivity contribution in [3.8, 4) is 0 Å². The zero-order valence-electron chi connectivity index (χ0n) is 9.95. The second-order valence-electron chi connectivity index (χ2n) is 3.59. The molecule has 98 valence electrons. The summed E-state index contributed by atoms with van der Waals surface area (Å²) in [7, 11) is 0. The van der Waals surface area contributed by atoms with Gasteiger partial charge < -0.3 is 15.5 Å². The SMILES string of the molecule is CSc1ncccc1C(=O)N[C@H](C(=O)O)[C@@H](C)O. The van der Waals surface area contributed by atoms with Crippen LogP contribution in [0.3, 0.4) is 0 Å². The average molecular weight is 270 g/mol. The first kappa shape index (κ1) is 14.5. The van der Waals surface area contributed by atoms with E-state index >= 15 is 0 Å². The molecule has 0 bridgehead atoms. The number of aromatic nitrogens is 1. The lowest BCUT2D eigenvalue weighted by Gasteiger charge is -2.17. The lowest BCUT2D eigenvalue weighted by molar-refractivity contribution is -0.141. The number of amides is 1. The third kappa shape index (κ3) is 3.44. The second-order valence-corrected chi connectivity index (χ2v) is 4.39. The number of aliphatic hydroxyl groups is 1. The van der Waals surface area contributed by atoms with E-state index in [1.165, 1.54) is 18.7 Å². The molecule has 2 atom stereocenters. The van der Waals surface area contributed by atoms with Gasteiger partial charge in [0.15, 0.2) is 6.04 Å². The second kappa shape index (κ2) is 6.36. The molecule has 3 N–H and O–H groups in total. The van der Waals surface area contributed by atoms with Crippen LogP contribution in [0.25, 0.3) is 0 Å². The number of carboxylic acid groups (broad SMARTS) is 1. The minimum absolute atomic E-state index is 0.289. The quantitative estimate of drug-likeness (QED) is 0.668. The van der Waals surface area contributed by atoms with Gasteiger partial charge in [0, 0.05) is 6.20 Å². The number of nitrogens with one attached hydrogen (secondary N) is 1. The van der Waals surface area contributed by atoms with Gasteiger partial charge >= 0.3 is 5.97 Å². The van der Waals surface area contributed by atoms with E-state index in [1.54, 1.807) is 24.6 Å². The van der Waals surface area contributed by atoms with Crippen LogP contribution in [-0.2, 0) is 4.79 Å². The van der Waals surface area contributed by atoms with Crippen molar-refractivity contribution < 1.29 is 19.8 Å². The van der Waals surface area contributed by atoms with Crippen LogP contribution in [0.1, 0.15) is 17.3 Å². The summed E-state index contributed by atoms with van der Waals surface area (Å²) < 4.78 is 0. The molecule has 6 nitrogen and oxygen atoms in total. The fourth-order valence-corrected chi connectivity index (χ4v) is 1.88. The number of aliphatic carboxylic acids is 1. The summed E-state index contributed by atoms with van der Waals surface area (Å²) in [5, 5.41) is 20.9. The number of nitrogens with zero attached hydrogens (tertiary/aromatic N) is 1. The molecule has 0 unspecified atom stereocenters. The monoisotopic (exact) mass is 270 g/mol. The molecule has 0 fully saturated rings. The maximum absolute atomic E-state index is 11.9. The van der Waals surface area contributed by atoms with Gasteiger partial charge in [-0.15, -0.1) is 11.8 Å². The van der Waals surface area contributed by atoms with E-state index in [4.69, 9.17) is 5.11 Å². The number of rotatable bonds is 5. The lowest BCUT2D eigenvalue weighted by atomic mass is 10.1. The Balaban J connectivity index is 2.90. The van der Waals surface area contributed by atoms with E-state index in [-0.39, 0.29) is 5.56 Å². The highest BCUT2D eigenvalue weighted by molar-refractivity contribution is 7.98. The highest BCUT2D eigenvalue weighted by Crippen LogP contribution is 2.16. The van der Waals surface area contributed by atoms with Crippen molar-refractivity contribution in [1.82, 2.24) is 10.3 Å². The Morgan fingerprint density at radius 1 is 1.50 bits per heavy atom. The van der Waals surface area contributed by atoms with Gasteiger partial charge in [-0.2, -0.15) is 0 Å². The third-order valence-electron chi connectivity index (χ3n) is 2.24. The number of hydrogen-bond donors (Lipinski definition) is 3. The Bertz CT molecular complexity index is 450. The van der Waals surface area contributed by atoms with Crippen molar-refractivity contribution >= 4 is 23.6 Å². The minimum atomic E-state index is -1.34. The molecule has 0 aliphatic heterocycles. The first-order valence-corrected chi connectivity index (χ1v) is 6.40. The fourth-order valence-electron chi connectivity index (χ4n) is 1.33. The van der Waals surface area contributed by atoms with Crippen molar-refractivity contribution in [3.63, 3.8) is 0 Å². The van der Waals surface area contributed by atoms with Crippen LogP contribution in [0.5, 0.6) is 0 Å². The number of aliphatic hydroxyl groups excluding tert-OH is 1. The Hall–Kier alpha value is -1.60. The smallest absolute Gasteiger partial charge is 0.328 e. The molecule has 0 saturated heterocycles. The molecule has 1 aromatic rings. The van der Waals surface area contributed by atoms with Gasteiger partial charge in [0.05, 0.1) is 11.7 Å². The predicted molar refractivity (Wildman–Crippen MR) is 66.6 cm³/mol. The average Bonchev–Trinajstić information content (AvgIpc) is 2.34. The Morgan fingerprint density at radius 2 is 2.17 bits per heavy atom. The molecule has 0 aliphatic rings. The minimum Gasteiger partial charge on any atom is -0.480 e. The van der Waals surface area contributed by atoms with Gasteiger partial charge in [0.25, 0.3) is 5.91 Å². The molecular weight excluding hydrogens is 256 g/mol. The summed E-state index contributed by atoms with van der Waals surface area (Å²) in [5.74, 6) is -1.85. The lowest BCUT2D eigenvalue weighted by Crippen LogP contribution is -2.47. The van der Waals surface area contributed by atoms with Crippen LogP contribution in [-0.4, -0.2) is 45.5 Å². The van der Waals surface area contributed by atoms with E-state index in [0.717, 1.165) is 0 Å². The molecule has 1 heterocycles. The molecular formula is C11H14N2O4S. The van der Waals surface area contributed by atoms with Crippen LogP contribution in [0.2, 0.25) is 0 Å². The molecule has 0 aliphatic carbocycles. The largest absolute Gasteiger partial charge is 0.480 e. The standard InChI is InChI=1S/C11H14N2O4S/c1-6(14)8(11(16)17)13-9(15)7-4-3-5-12-10(7)18-2/h3-6,8,14H,1-2H3,(H,13,15)(H,16,17)/t6-,8+/m1/s1. The first-order chi connectivity index (χ1) is 8.47. The van der Waals surface area contributed by atoms with Crippen LogP contribution in [0.15, 0.2) is 23.4 Å². The zero-order chi connectivity index (χ0) is 13.7. The number of hydrogen-bond acceptors (Lipinski definition) is 5. The van der Waals surface area contributed by atoms with Crippen LogP contribution >= 0.6 is 11.8 Å². The molecule has 1 amide bonds. The van der Waals surface area contributed by atoms with E-state index in [9.17, 15) is 14.7 Å². The summed E-state index contributed by atoms with van der Waals surface area (Å²) in [4.78, 5) is 26.8. The summed E-state index contributed by atoms with van der Waals surface area (Å²) in [5.41, 5.74) is 0.289. The van der Waals surface area contributed by atoms with Gasteiger partial charge in [0.2, 0.25) is 0 Å². The van der Waals surface area contributed by atoms with Gasteiger partial charge in [-0.05, 0) is 25.3 Å². The fraction of sp³-hybridized carbons (Fsp3) is 0.364. The summed E-state index contributed by atoms with van der Waals surface area (Å²) in [6.07, 6.45) is 2.13. The van der Waals surface area contributed by atoms with Gasteiger partial charge in [0.1, 0.15) is 5.03 Å². The molecule has 7 heteroatoms. The maximum atomic E-state index is 11.9. The third-order valence-corrected chi connectivity index (χ3v) is 2.96. The number of carbonyl (C=O) groups excluding carboxylic acids is 1. The highest BCUT2D eigenvalue weighted by atomic mass is 32.2. The van der Waals surface area contributed by atoms with Crippen molar-refractivity contribution in [2.45, 2.75) is 24.1 Å². The molecule has 0 spiro atoms. The number of thioether (sulfide) groups is 1. The zero-order valence-corrected chi connectivity index (χ0v) is 10.8. The van der Waals surface area contributed by atoms with E-state index in [2.05, 4.69) is 10.3 Å². The molecule has 1 rings (SSSR count). The van der Waals surface area contributed by atoms with Crippen molar-refractivity contribution in [1.29, 1.82) is 0 Å². The molecule has 0 saturated carbocycles. The van der Waals surface area contributed by atoms with E-state index in [1.807, 2.05) is 0 Å². The Morgan fingerprint density at radius 3 is 2.67 bits per heavy atom. The number of pyridine rings is 1. The van der Waals surface area contributed by atoms with Crippen molar-refractivity contribution in [2.24, 2.45) is 0 Å². The maximum Gasteiger partial charge on any atom is 0.328 e. The van der Waals surface area contributed by atoms with E-state index in [0.29, 0.717) is 5.03 Å². The van der Waals surface area contributed by atoms with Crippen LogP contribution < -0.4 is 5.32 Å². The molecule has 18 heavy (non-hydrogen) atoms.